The number of piperidine rings is 1. The Labute approximate surface area is 135 Å². The molecule has 2 heterocycles. The lowest BCUT2D eigenvalue weighted by atomic mass is 10.1. The zero-order chi connectivity index (χ0) is 15.6. The van der Waals surface area contributed by atoms with Crippen molar-refractivity contribution in [2.75, 3.05) is 13.1 Å². The predicted octanol–water partition coefficient (Wildman–Crippen LogP) is 1.37. The Morgan fingerprint density at radius 2 is 2.13 bits per heavy atom. The molecular weight excluding hydrogens is 290 g/mol. The largest absolute Gasteiger partial charge is 0.351 e. The molecule has 6 heteroatoms. The van der Waals surface area contributed by atoms with E-state index in [1.807, 2.05) is 24.3 Å². The first kappa shape index (κ1) is 14.4. The molecule has 23 heavy (non-hydrogen) atoms. The van der Waals surface area contributed by atoms with Crippen LogP contribution in [0.25, 0.3) is 5.69 Å². The SMILES string of the molecule is O=C(CN1CC2CCC1C2)NCc1ccc(-n2cncn2)cc1. The van der Waals surface area contributed by atoms with Crippen molar-refractivity contribution >= 4 is 5.91 Å². The van der Waals surface area contributed by atoms with E-state index in [2.05, 4.69) is 20.3 Å². The highest BCUT2D eigenvalue weighted by atomic mass is 16.2. The Hall–Kier alpha value is -2.21. The van der Waals surface area contributed by atoms with Crippen LogP contribution >= 0.6 is 0 Å². The normalized spacial score (nSPS) is 23.3. The van der Waals surface area contributed by atoms with Crippen LogP contribution in [0.1, 0.15) is 24.8 Å². The minimum Gasteiger partial charge on any atom is -0.351 e. The van der Waals surface area contributed by atoms with E-state index < -0.39 is 0 Å². The molecule has 2 bridgehead atoms. The zero-order valence-electron chi connectivity index (χ0n) is 13.1. The molecule has 1 aromatic heterocycles. The number of amides is 1. The molecule has 2 aliphatic rings. The molecular formula is C17H21N5O. The van der Waals surface area contributed by atoms with E-state index in [0.29, 0.717) is 19.1 Å². The fourth-order valence-corrected chi connectivity index (χ4v) is 3.77. The maximum Gasteiger partial charge on any atom is 0.234 e. The molecule has 1 saturated heterocycles. The minimum absolute atomic E-state index is 0.123. The summed E-state index contributed by atoms with van der Waals surface area (Å²) in [7, 11) is 0. The number of hydrogen-bond acceptors (Lipinski definition) is 4. The second kappa shape index (κ2) is 6.12. The van der Waals surface area contributed by atoms with Crippen LogP contribution in [0.5, 0.6) is 0 Å². The van der Waals surface area contributed by atoms with Crippen molar-refractivity contribution in [1.82, 2.24) is 25.0 Å². The highest BCUT2D eigenvalue weighted by Crippen LogP contribution is 2.36. The molecule has 6 nitrogen and oxygen atoms in total. The summed E-state index contributed by atoms with van der Waals surface area (Å²) in [6.07, 6.45) is 7.08. The van der Waals surface area contributed by atoms with Gasteiger partial charge in [-0.1, -0.05) is 12.1 Å². The number of fused-ring (bicyclic) bond motifs is 2. The van der Waals surface area contributed by atoms with Crippen molar-refractivity contribution in [1.29, 1.82) is 0 Å². The van der Waals surface area contributed by atoms with Crippen molar-refractivity contribution in [3.05, 3.63) is 42.5 Å². The molecule has 1 N–H and O–H groups in total. The lowest BCUT2D eigenvalue weighted by Gasteiger charge is -2.25. The topological polar surface area (TPSA) is 63.1 Å². The second-order valence-electron chi connectivity index (χ2n) is 6.55. The van der Waals surface area contributed by atoms with Crippen molar-refractivity contribution in [3.63, 3.8) is 0 Å². The van der Waals surface area contributed by atoms with Gasteiger partial charge in [-0.25, -0.2) is 9.67 Å². The van der Waals surface area contributed by atoms with Gasteiger partial charge in [0.05, 0.1) is 12.2 Å². The fraction of sp³-hybridized carbons (Fsp3) is 0.471. The first-order valence-electron chi connectivity index (χ1n) is 8.22. The summed E-state index contributed by atoms with van der Waals surface area (Å²) < 4.78 is 1.71. The number of aromatic nitrogens is 3. The number of carbonyl (C=O) groups excluding carboxylic acids is 1. The monoisotopic (exact) mass is 311 g/mol. The molecule has 1 aromatic carbocycles. The standard InChI is InChI=1S/C17H21N5O/c23-17(10-21-9-14-3-6-16(21)7-14)19-8-13-1-4-15(5-2-13)22-12-18-11-20-22/h1-2,4-5,11-12,14,16H,3,6-10H2,(H,19,23). The van der Waals surface area contributed by atoms with Crippen LogP contribution < -0.4 is 5.32 Å². The van der Waals surface area contributed by atoms with E-state index in [-0.39, 0.29) is 5.91 Å². The molecule has 1 aliphatic heterocycles. The van der Waals surface area contributed by atoms with Gasteiger partial charge in [0.2, 0.25) is 5.91 Å². The van der Waals surface area contributed by atoms with E-state index in [1.54, 1.807) is 11.0 Å². The van der Waals surface area contributed by atoms with Crippen LogP contribution in [0.15, 0.2) is 36.9 Å². The summed E-state index contributed by atoms with van der Waals surface area (Å²) in [5.74, 6) is 0.954. The molecule has 4 rings (SSSR count). The third-order valence-electron chi connectivity index (χ3n) is 4.98. The summed E-state index contributed by atoms with van der Waals surface area (Å²) >= 11 is 0. The lowest BCUT2D eigenvalue weighted by molar-refractivity contribution is -0.122. The van der Waals surface area contributed by atoms with Gasteiger partial charge in [-0.05, 0) is 42.9 Å². The summed E-state index contributed by atoms with van der Waals surface area (Å²) in [5, 5.41) is 7.12. The molecule has 120 valence electrons. The van der Waals surface area contributed by atoms with Gasteiger partial charge in [0.15, 0.2) is 0 Å². The van der Waals surface area contributed by atoms with E-state index in [4.69, 9.17) is 0 Å². The van der Waals surface area contributed by atoms with Crippen LogP contribution in [-0.4, -0.2) is 44.7 Å². The average Bonchev–Trinajstić information content (AvgIpc) is 3.31. The van der Waals surface area contributed by atoms with Crippen molar-refractivity contribution in [3.8, 4) is 5.69 Å². The molecule has 2 aromatic rings. The molecule has 2 fully saturated rings. The Morgan fingerprint density at radius 1 is 1.26 bits per heavy atom. The van der Waals surface area contributed by atoms with Gasteiger partial charge in [0.1, 0.15) is 12.7 Å². The maximum absolute atomic E-state index is 12.1. The number of rotatable bonds is 5. The van der Waals surface area contributed by atoms with E-state index in [9.17, 15) is 4.79 Å². The maximum atomic E-state index is 12.1. The Bertz CT molecular complexity index is 667. The number of carbonyl (C=O) groups is 1. The molecule has 1 saturated carbocycles. The van der Waals surface area contributed by atoms with Gasteiger partial charge in [0, 0.05) is 19.1 Å². The van der Waals surface area contributed by atoms with Crippen LogP contribution in [0.4, 0.5) is 0 Å². The average molecular weight is 311 g/mol. The highest BCUT2D eigenvalue weighted by molar-refractivity contribution is 5.78. The van der Waals surface area contributed by atoms with E-state index in [0.717, 1.165) is 23.7 Å². The number of nitrogens with one attached hydrogen (secondary N) is 1. The van der Waals surface area contributed by atoms with Gasteiger partial charge in [-0.15, -0.1) is 0 Å². The Kier molecular flexibility index (Phi) is 3.83. The Balaban J connectivity index is 1.28. The summed E-state index contributed by atoms with van der Waals surface area (Å²) in [6, 6.07) is 8.63. The molecule has 0 radical (unpaired) electrons. The Morgan fingerprint density at radius 3 is 2.78 bits per heavy atom. The van der Waals surface area contributed by atoms with Crippen molar-refractivity contribution in [2.24, 2.45) is 5.92 Å². The van der Waals surface area contributed by atoms with E-state index >= 15 is 0 Å². The van der Waals surface area contributed by atoms with Crippen LogP contribution in [0.3, 0.4) is 0 Å². The van der Waals surface area contributed by atoms with Crippen molar-refractivity contribution in [2.45, 2.75) is 31.8 Å². The van der Waals surface area contributed by atoms with Crippen LogP contribution in [0, 0.1) is 5.92 Å². The molecule has 2 atom stereocenters. The minimum atomic E-state index is 0.123. The molecule has 0 spiro atoms. The number of nitrogens with zero attached hydrogens (tertiary/aromatic N) is 4. The summed E-state index contributed by atoms with van der Waals surface area (Å²) in [4.78, 5) is 18.4. The third kappa shape index (κ3) is 3.12. The first-order valence-corrected chi connectivity index (χ1v) is 8.22. The fourth-order valence-electron chi connectivity index (χ4n) is 3.77. The van der Waals surface area contributed by atoms with Gasteiger partial charge in [-0.2, -0.15) is 5.10 Å². The van der Waals surface area contributed by atoms with Gasteiger partial charge >= 0.3 is 0 Å². The quantitative estimate of drug-likeness (QED) is 0.906. The summed E-state index contributed by atoms with van der Waals surface area (Å²) in [6.45, 7) is 2.21. The van der Waals surface area contributed by atoms with Crippen molar-refractivity contribution < 1.29 is 4.79 Å². The molecule has 1 aliphatic carbocycles. The highest BCUT2D eigenvalue weighted by Gasteiger charge is 2.38. The molecule has 2 unspecified atom stereocenters. The first-order chi connectivity index (χ1) is 11.3. The number of hydrogen-bond donors (Lipinski definition) is 1. The number of benzene rings is 1. The third-order valence-corrected chi connectivity index (χ3v) is 4.98. The second-order valence-corrected chi connectivity index (χ2v) is 6.55. The summed E-state index contributed by atoms with van der Waals surface area (Å²) in [5.41, 5.74) is 2.05. The van der Waals surface area contributed by atoms with Gasteiger partial charge < -0.3 is 5.32 Å². The zero-order valence-corrected chi connectivity index (χ0v) is 13.1. The predicted molar refractivity (Wildman–Crippen MR) is 85.9 cm³/mol. The van der Waals surface area contributed by atoms with Gasteiger partial charge in [0.25, 0.3) is 0 Å². The van der Waals surface area contributed by atoms with Crippen LogP contribution in [-0.2, 0) is 11.3 Å². The molecule has 1 amide bonds. The van der Waals surface area contributed by atoms with Gasteiger partial charge in [-0.3, -0.25) is 9.69 Å². The smallest absolute Gasteiger partial charge is 0.234 e. The lowest BCUT2D eigenvalue weighted by Crippen LogP contribution is -2.40. The van der Waals surface area contributed by atoms with Crippen LogP contribution in [0.2, 0.25) is 0 Å². The van der Waals surface area contributed by atoms with E-state index in [1.165, 1.54) is 25.6 Å². The number of likely N-dealkylation sites (tertiary alicyclic amines) is 1.